The number of nitrogens with zero attached hydrogens (tertiary/aromatic N) is 2. The zero-order valence-corrected chi connectivity index (χ0v) is 15.7. The van der Waals surface area contributed by atoms with E-state index in [1.807, 2.05) is 18.2 Å². The van der Waals surface area contributed by atoms with Gasteiger partial charge in [0.25, 0.3) is 0 Å². The molecule has 4 rings (SSSR count). The first kappa shape index (κ1) is 18.1. The molecule has 4 atom stereocenters. The van der Waals surface area contributed by atoms with Crippen LogP contribution in [0.1, 0.15) is 12.0 Å². The van der Waals surface area contributed by atoms with Crippen molar-refractivity contribution in [2.24, 2.45) is 23.7 Å². The largest absolute Gasteiger partial charge is 0.481 e. The SMILES string of the molecule is O=C(Nc1cnn(Cc2ccc(Cl)cc2Cl)c1)[C@@H]1[C@H](C(=O)O)[C@H]2C=C[C@H]1C2. The molecule has 1 fully saturated rings. The fourth-order valence-corrected chi connectivity index (χ4v) is 4.55. The van der Waals surface area contributed by atoms with Crippen molar-refractivity contribution in [3.63, 3.8) is 0 Å². The van der Waals surface area contributed by atoms with E-state index >= 15 is 0 Å². The molecule has 27 heavy (non-hydrogen) atoms. The lowest BCUT2D eigenvalue weighted by atomic mass is 9.82. The number of anilines is 1. The number of rotatable bonds is 5. The Balaban J connectivity index is 1.45. The van der Waals surface area contributed by atoms with Gasteiger partial charge in [-0.2, -0.15) is 5.10 Å². The number of hydrogen-bond acceptors (Lipinski definition) is 3. The van der Waals surface area contributed by atoms with Gasteiger partial charge >= 0.3 is 5.97 Å². The third-order valence-corrected chi connectivity index (χ3v) is 5.88. The van der Waals surface area contributed by atoms with Crippen molar-refractivity contribution in [1.29, 1.82) is 0 Å². The minimum atomic E-state index is -0.917. The Bertz CT molecular complexity index is 940. The van der Waals surface area contributed by atoms with Gasteiger partial charge in [0.05, 0.1) is 30.3 Å². The maximum atomic E-state index is 12.7. The van der Waals surface area contributed by atoms with Gasteiger partial charge in [0.15, 0.2) is 0 Å². The molecule has 0 unspecified atom stereocenters. The molecule has 1 amide bonds. The summed E-state index contributed by atoms with van der Waals surface area (Å²) in [4.78, 5) is 24.3. The third kappa shape index (κ3) is 3.47. The summed E-state index contributed by atoms with van der Waals surface area (Å²) in [5.74, 6) is -2.48. The maximum absolute atomic E-state index is 12.7. The van der Waals surface area contributed by atoms with Crippen LogP contribution in [0.4, 0.5) is 5.69 Å². The van der Waals surface area contributed by atoms with Crippen LogP contribution in [0.5, 0.6) is 0 Å². The lowest BCUT2D eigenvalue weighted by Crippen LogP contribution is -2.36. The summed E-state index contributed by atoms with van der Waals surface area (Å²) in [6.45, 7) is 0.431. The number of carbonyl (C=O) groups is 2. The Morgan fingerprint density at radius 3 is 2.67 bits per heavy atom. The van der Waals surface area contributed by atoms with Crippen molar-refractivity contribution in [3.05, 3.63) is 58.4 Å². The summed E-state index contributed by atoms with van der Waals surface area (Å²) in [7, 11) is 0. The van der Waals surface area contributed by atoms with E-state index in [4.69, 9.17) is 23.2 Å². The van der Waals surface area contributed by atoms with E-state index in [1.54, 1.807) is 29.2 Å². The Labute approximate surface area is 165 Å². The first-order valence-corrected chi connectivity index (χ1v) is 9.36. The molecule has 0 aliphatic heterocycles. The fourth-order valence-electron chi connectivity index (χ4n) is 4.08. The van der Waals surface area contributed by atoms with Crippen molar-refractivity contribution in [3.8, 4) is 0 Å². The highest BCUT2D eigenvalue weighted by atomic mass is 35.5. The first-order chi connectivity index (χ1) is 12.9. The number of carboxylic acid groups (broad SMARTS) is 1. The monoisotopic (exact) mass is 405 g/mol. The quantitative estimate of drug-likeness (QED) is 0.742. The molecule has 2 aliphatic rings. The molecule has 0 saturated heterocycles. The van der Waals surface area contributed by atoms with Crippen LogP contribution >= 0.6 is 23.2 Å². The van der Waals surface area contributed by atoms with Crippen LogP contribution in [0.2, 0.25) is 10.0 Å². The number of aromatic nitrogens is 2. The van der Waals surface area contributed by atoms with E-state index in [2.05, 4.69) is 10.4 Å². The predicted octanol–water partition coefficient (Wildman–Crippen LogP) is 3.70. The molecule has 1 aromatic heterocycles. The molecule has 2 bridgehead atoms. The lowest BCUT2D eigenvalue weighted by Gasteiger charge is -2.23. The van der Waals surface area contributed by atoms with Crippen molar-refractivity contribution in [2.75, 3.05) is 5.32 Å². The van der Waals surface area contributed by atoms with Gasteiger partial charge in [-0.05, 0) is 36.0 Å². The Hall–Kier alpha value is -2.31. The van der Waals surface area contributed by atoms with Gasteiger partial charge in [0.1, 0.15) is 0 Å². The molecule has 0 spiro atoms. The van der Waals surface area contributed by atoms with Crippen LogP contribution in [0.3, 0.4) is 0 Å². The number of carbonyl (C=O) groups excluding carboxylic acids is 1. The molecule has 2 aromatic rings. The Morgan fingerprint density at radius 2 is 1.96 bits per heavy atom. The van der Waals surface area contributed by atoms with Gasteiger partial charge in [-0.3, -0.25) is 14.3 Å². The number of allylic oxidation sites excluding steroid dienone is 2. The number of hydrogen-bond donors (Lipinski definition) is 2. The maximum Gasteiger partial charge on any atom is 0.307 e. The topological polar surface area (TPSA) is 84.2 Å². The highest BCUT2D eigenvalue weighted by Gasteiger charge is 2.51. The average Bonchev–Trinajstić information content (AvgIpc) is 3.33. The number of aliphatic carboxylic acids is 1. The summed E-state index contributed by atoms with van der Waals surface area (Å²) in [5, 5.41) is 17.6. The van der Waals surface area contributed by atoms with Crippen LogP contribution < -0.4 is 5.32 Å². The normalized spacial score (nSPS) is 25.7. The summed E-state index contributed by atoms with van der Waals surface area (Å²) in [6.07, 6.45) is 7.84. The Morgan fingerprint density at radius 1 is 1.22 bits per heavy atom. The zero-order valence-electron chi connectivity index (χ0n) is 14.2. The second kappa shape index (κ2) is 7.02. The van der Waals surface area contributed by atoms with E-state index < -0.39 is 17.8 Å². The van der Waals surface area contributed by atoms with Gasteiger partial charge < -0.3 is 10.4 Å². The van der Waals surface area contributed by atoms with Crippen LogP contribution in [0.25, 0.3) is 0 Å². The molecular formula is C19H17Cl2N3O3. The van der Waals surface area contributed by atoms with Gasteiger partial charge in [0.2, 0.25) is 5.91 Å². The van der Waals surface area contributed by atoms with Crippen LogP contribution in [-0.2, 0) is 16.1 Å². The van der Waals surface area contributed by atoms with Crippen molar-refractivity contribution >= 4 is 40.8 Å². The third-order valence-electron chi connectivity index (χ3n) is 5.30. The molecule has 8 heteroatoms. The van der Waals surface area contributed by atoms with E-state index in [0.29, 0.717) is 22.3 Å². The van der Waals surface area contributed by atoms with Gasteiger partial charge in [-0.25, -0.2) is 0 Å². The second-order valence-electron chi connectivity index (χ2n) is 6.99. The minimum absolute atomic E-state index is 0.0148. The smallest absolute Gasteiger partial charge is 0.307 e. The molecular weight excluding hydrogens is 389 g/mol. The molecule has 1 heterocycles. The van der Waals surface area contributed by atoms with Crippen LogP contribution in [0.15, 0.2) is 42.7 Å². The second-order valence-corrected chi connectivity index (χ2v) is 7.83. The van der Waals surface area contributed by atoms with Gasteiger partial charge in [0, 0.05) is 16.2 Å². The minimum Gasteiger partial charge on any atom is -0.481 e. The number of halogens is 2. The summed E-state index contributed by atoms with van der Waals surface area (Å²) < 4.78 is 1.65. The predicted molar refractivity (Wildman–Crippen MR) is 102 cm³/mol. The van der Waals surface area contributed by atoms with E-state index in [9.17, 15) is 14.7 Å². The number of nitrogens with one attached hydrogen (secondary N) is 1. The summed E-state index contributed by atoms with van der Waals surface area (Å²) in [5.41, 5.74) is 1.38. The number of carboxylic acids is 1. The molecule has 6 nitrogen and oxygen atoms in total. The van der Waals surface area contributed by atoms with E-state index in [0.717, 1.165) is 12.0 Å². The average molecular weight is 406 g/mol. The van der Waals surface area contributed by atoms with Crippen molar-refractivity contribution in [1.82, 2.24) is 9.78 Å². The number of benzene rings is 1. The van der Waals surface area contributed by atoms with Gasteiger partial charge in [-0.1, -0.05) is 41.4 Å². The molecule has 1 aromatic carbocycles. The van der Waals surface area contributed by atoms with Crippen LogP contribution in [-0.4, -0.2) is 26.8 Å². The lowest BCUT2D eigenvalue weighted by molar-refractivity contribution is -0.146. The zero-order chi connectivity index (χ0) is 19.1. The fraction of sp³-hybridized carbons (Fsp3) is 0.316. The van der Waals surface area contributed by atoms with Crippen LogP contribution in [0, 0.1) is 23.7 Å². The molecule has 2 N–H and O–H groups in total. The van der Waals surface area contributed by atoms with Crippen molar-refractivity contribution in [2.45, 2.75) is 13.0 Å². The summed E-state index contributed by atoms with van der Waals surface area (Å²) >= 11 is 12.1. The molecule has 0 radical (unpaired) electrons. The van der Waals surface area contributed by atoms with Gasteiger partial charge in [-0.15, -0.1) is 0 Å². The highest BCUT2D eigenvalue weighted by Crippen LogP contribution is 2.48. The standard InChI is InChI=1S/C19H17Cl2N3O3/c20-13-4-3-12(15(21)6-13)8-24-9-14(7-22-24)23-18(25)16-10-1-2-11(5-10)17(16)19(26)27/h1-4,6-7,9-11,16-17H,5,8H2,(H,23,25)(H,26,27)/t10-,11-,16-,17+/m0/s1. The molecule has 140 valence electrons. The highest BCUT2D eigenvalue weighted by molar-refractivity contribution is 6.35. The molecule has 1 saturated carbocycles. The molecule has 2 aliphatic carbocycles. The van der Waals surface area contributed by atoms with E-state index in [1.165, 1.54) is 0 Å². The van der Waals surface area contributed by atoms with E-state index in [-0.39, 0.29) is 17.7 Å². The Kier molecular flexibility index (Phi) is 4.70. The number of fused-ring (bicyclic) bond motifs is 2. The number of amides is 1. The summed E-state index contributed by atoms with van der Waals surface area (Å²) in [6, 6.07) is 5.24. The van der Waals surface area contributed by atoms with Crippen molar-refractivity contribution < 1.29 is 14.7 Å². The first-order valence-electron chi connectivity index (χ1n) is 8.61.